The molecule has 0 aliphatic heterocycles. The summed E-state index contributed by atoms with van der Waals surface area (Å²) in [6, 6.07) is 83.3. The molecule has 10 aromatic carbocycles. The van der Waals surface area contributed by atoms with E-state index in [0.29, 0.717) is 29.4 Å². The molecular formula is C65H40N6O2. The van der Waals surface area contributed by atoms with Gasteiger partial charge in [0, 0.05) is 33.0 Å². The third-order valence-corrected chi connectivity index (χ3v) is 13.5. The third kappa shape index (κ3) is 7.71. The van der Waals surface area contributed by atoms with E-state index in [9.17, 15) is 0 Å². The molecule has 0 bridgehead atoms. The van der Waals surface area contributed by atoms with Crippen LogP contribution >= 0.6 is 0 Å². The predicted octanol–water partition coefficient (Wildman–Crippen LogP) is 16.6. The molecule has 0 saturated carbocycles. The Bertz CT molecular complexity index is 4130. The van der Waals surface area contributed by atoms with Crippen molar-refractivity contribution < 1.29 is 8.83 Å². The van der Waals surface area contributed by atoms with Gasteiger partial charge in [0.25, 0.3) is 0 Å². The van der Waals surface area contributed by atoms with E-state index < -0.39 is 0 Å². The van der Waals surface area contributed by atoms with Crippen molar-refractivity contribution in [1.29, 1.82) is 0 Å². The average molecular weight is 937 g/mol. The van der Waals surface area contributed by atoms with E-state index in [-0.39, 0.29) is 0 Å². The van der Waals surface area contributed by atoms with Gasteiger partial charge in [0.2, 0.25) is 17.7 Å². The largest absolute Gasteiger partial charge is 0.436 e. The van der Waals surface area contributed by atoms with Gasteiger partial charge in [-0.15, -0.1) is 0 Å². The van der Waals surface area contributed by atoms with Crippen molar-refractivity contribution in [3.8, 4) is 96.1 Å². The van der Waals surface area contributed by atoms with Gasteiger partial charge in [0.05, 0.1) is 11.0 Å². The highest BCUT2D eigenvalue weighted by atomic mass is 16.4. The van der Waals surface area contributed by atoms with E-state index in [1.54, 1.807) is 0 Å². The van der Waals surface area contributed by atoms with Crippen molar-refractivity contribution >= 4 is 44.0 Å². The van der Waals surface area contributed by atoms with Gasteiger partial charge in [-0.2, -0.15) is 9.97 Å². The Morgan fingerprint density at radius 2 is 0.603 bits per heavy atom. The van der Waals surface area contributed by atoms with Crippen LogP contribution in [0.5, 0.6) is 0 Å². The molecule has 4 heterocycles. The molecule has 14 aromatic rings. The number of nitrogens with zero attached hydrogens (tertiary/aromatic N) is 6. The number of hydrogen-bond acceptors (Lipinski definition) is 7. The number of benzene rings is 10. The lowest BCUT2D eigenvalue weighted by atomic mass is 9.97. The summed E-state index contributed by atoms with van der Waals surface area (Å²) in [6.45, 7) is 0. The molecule has 0 aliphatic rings. The molecule has 8 nitrogen and oxygen atoms in total. The van der Waals surface area contributed by atoms with Gasteiger partial charge in [0.1, 0.15) is 11.0 Å². The fraction of sp³-hybridized carbons (Fsp3) is 0. The molecule has 0 aliphatic carbocycles. The van der Waals surface area contributed by atoms with Crippen LogP contribution in [0, 0.1) is 0 Å². The van der Waals surface area contributed by atoms with Crippen LogP contribution < -0.4 is 0 Å². The first-order chi connectivity index (χ1) is 36.1. The lowest BCUT2D eigenvalue weighted by molar-refractivity contribution is 0.619. The van der Waals surface area contributed by atoms with Crippen LogP contribution in [0.2, 0.25) is 0 Å². The van der Waals surface area contributed by atoms with E-state index in [1.807, 2.05) is 72.8 Å². The van der Waals surface area contributed by atoms with Crippen molar-refractivity contribution in [2.45, 2.75) is 0 Å². The molecule has 0 saturated heterocycles. The highest BCUT2D eigenvalue weighted by Crippen LogP contribution is 2.37. The van der Waals surface area contributed by atoms with Crippen molar-refractivity contribution in [2.24, 2.45) is 0 Å². The van der Waals surface area contributed by atoms with Crippen molar-refractivity contribution in [1.82, 2.24) is 29.5 Å². The molecule has 73 heavy (non-hydrogen) atoms. The molecular weight excluding hydrogens is 897 g/mol. The van der Waals surface area contributed by atoms with E-state index in [4.69, 9.17) is 33.8 Å². The zero-order valence-corrected chi connectivity index (χ0v) is 39.1. The first kappa shape index (κ1) is 41.9. The van der Waals surface area contributed by atoms with Gasteiger partial charge in [-0.3, -0.25) is 4.57 Å². The summed E-state index contributed by atoms with van der Waals surface area (Å²) in [5, 5.41) is 2.26. The van der Waals surface area contributed by atoms with Gasteiger partial charge in [-0.1, -0.05) is 158 Å². The van der Waals surface area contributed by atoms with Gasteiger partial charge in [0.15, 0.2) is 22.8 Å². The molecule has 342 valence electrons. The van der Waals surface area contributed by atoms with E-state index in [0.717, 1.165) is 111 Å². The lowest BCUT2D eigenvalue weighted by Crippen LogP contribution is -2.06. The molecule has 0 fully saturated rings. The number of fused-ring (bicyclic) bond motifs is 5. The molecule has 0 N–H and O–H groups in total. The highest BCUT2D eigenvalue weighted by Gasteiger charge is 2.19. The second-order valence-corrected chi connectivity index (χ2v) is 18.1. The zero-order chi connectivity index (χ0) is 48.2. The Hall–Kier alpha value is -10.1. The van der Waals surface area contributed by atoms with Crippen LogP contribution in [0.3, 0.4) is 0 Å². The first-order valence-electron chi connectivity index (χ1n) is 24.2. The second kappa shape index (κ2) is 17.4. The van der Waals surface area contributed by atoms with Crippen molar-refractivity contribution in [3.05, 3.63) is 243 Å². The van der Waals surface area contributed by atoms with E-state index in [1.165, 1.54) is 0 Å². The van der Waals surface area contributed by atoms with Crippen LogP contribution in [0.25, 0.3) is 140 Å². The number of rotatable bonds is 9. The second-order valence-electron chi connectivity index (χ2n) is 18.1. The minimum Gasteiger partial charge on any atom is -0.436 e. The van der Waals surface area contributed by atoms with E-state index in [2.05, 4.69) is 174 Å². The molecule has 4 aromatic heterocycles. The van der Waals surface area contributed by atoms with E-state index >= 15 is 0 Å². The standard InChI is InChI=1S/C65H40N6O2/c1-3-15-41(16-4-1)63-66-55-39-49(31-33-59(55)72-63)45-21-11-19-43(35-45)47-23-13-25-51(37-47)61-68-62(70-65(69-61)71-57-29-9-7-27-53(57)54-28-8-10-30-58(54)71)52-26-14-24-48(38-52)44-20-12-22-46(36-44)50-32-34-60-56(40-50)67-64(73-60)42-17-5-2-6-18-42/h1-40H. The maximum Gasteiger partial charge on any atom is 0.238 e. The summed E-state index contributed by atoms with van der Waals surface area (Å²) in [4.78, 5) is 25.6. The maximum atomic E-state index is 6.14. The molecule has 0 unspecified atom stereocenters. The molecule has 0 spiro atoms. The SMILES string of the molecule is c1ccc(-c2nc3cc(-c4cccc(-c5cccc(-c6nc(-c7cccc(-c8cccc(-c9ccc%10oc(-c%11ccccc%11)nc%10c9)c8)c7)nc(-n7c8ccccc8c8ccccc87)n6)c5)c4)ccc3o2)cc1. The Labute approximate surface area is 419 Å². The maximum absolute atomic E-state index is 6.14. The topological polar surface area (TPSA) is 95.7 Å². The quantitative estimate of drug-likeness (QED) is 0.142. The Morgan fingerprint density at radius 1 is 0.260 bits per heavy atom. The summed E-state index contributed by atoms with van der Waals surface area (Å²) < 4.78 is 14.4. The number of para-hydroxylation sites is 2. The fourth-order valence-electron chi connectivity index (χ4n) is 9.92. The number of aromatic nitrogens is 6. The Balaban J connectivity index is 0.846. The van der Waals surface area contributed by atoms with Crippen LogP contribution in [0.4, 0.5) is 0 Å². The summed E-state index contributed by atoms with van der Waals surface area (Å²) in [5.41, 5.74) is 17.2. The number of hydrogen-bond donors (Lipinski definition) is 0. The van der Waals surface area contributed by atoms with Crippen LogP contribution in [0.1, 0.15) is 0 Å². The zero-order valence-electron chi connectivity index (χ0n) is 39.1. The monoisotopic (exact) mass is 936 g/mol. The van der Waals surface area contributed by atoms with Crippen LogP contribution in [0.15, 0.2) is 251 Å². The minimum atomic E-state index is 0.537. The van der Waals surface area contributed by atoms with Crippen molar-refractivity contribution in [3.63, 3.8) is 0 Å². The first-order valence-corrected chi connectivity index (χ1v) is 24.2. The summed E-state index contributed by atoms with van der Waals surface area (Å²) in [7, 11) is 0. The van der Waals surface area contributed by atoms with Gasteiger partial charge in [-0.25, -0.2) is 15.0 Å². The summed E-state index contributed by atoms with van der Waals surface area (Å²) >= 11 is 0. The van der Waals surface area contributed by atoms with Gasteiger partial charge >= 0.3 is 0 Å². The average Bonchev–Trinajstić information content (AvgIpc) is 4.20. The van der Waals surface area contributed by atoms with Gasteiger partial charge < -0.3 is 8.83 Å². The fourth-order valence-corrected chi connectivity index (χ4v) is 9.92. The smallest absolute Gasteiger partial charge is 0.238 e. The highest BCUT2D eigenvalue weighted by molar-refractivity contribution is 6.09. The minimum absolute atomic E-state index is 0.537. The molecule has 8 heteroatoms. The van der Waals surface area contributed by atoms with Crippen LogP contribution in [-0.2, 0) is 0 Å². The normalized spacial score (nSPS) is 11.6. The number of oxazole rings is 2. The molecule has 0 radical (unpaired) electrons. The lowest BCUT2D eigenvalue weighted by Gasteiger charge is -2.13. The summed E-state index contributed by atoms with van der Waals surface area (Å²) in [5.74, 6) is 2.88. The molecule has 0 atom stereocenters. The third-order valence-electron chi connectivity index (χ3n) is 13.5. The molecule has 14 rings (SSSR count). The van der Waals surface area contributed by atoms with Gasteiger partial charge in [-0.05, 0) is 129 Å². The Kier molecular flexibility index (Phi) is 9.99. The predicted molar refractivity (Wildman–Crippen MR) is 293 cm³/mol. The molecule has 0 amide bonds. The Morgan fingerprint density at radius 3 is 1.03 bits per heavy atom. The summed E-state index contributed by atoms with van der Waals surface area (Å²) in [6.07, 6.45) is 0. The van der Waals surface area contributed by atoms with Crippen molar-refractivity contribution in [2.75, 3.05) is 0 Å². The van der Waals surface area contributed by atoms with Crippen LogP contribution in [-0.4, -0.2) is 29.5 Å².